The average molecular weight is 268 g/mol. The summed E-state index contributed by atoms with van der Waals surface area (Å²) in [6.07, 6.45) is 4.68. The Morgan fingerprint density at radius 3 is 2.63 bits per heavy atom. The van der Waals surface area contributed by atoms with Crippen LogP contribution in [0, 0.1) is 11.8 Å². The quantitative estimate of drug-likeness (QED) is 0.824. The third-order valence-corrected chi connectivity index (χ3v) is 4.56. The highest BCUT2D eigenvalue weighted by molar-refractivity contribution is 5.80. The first-order valence-corrected chi connectivity index (χ1v) is 7.86. The van der Waals surface area contributed by atoms with Gasteiger partial charge in [-0.3, -0.25) is 4.79 Å². The van der Waals surface area contributed by atoms with E-state index >= 15 is 0 Å². The number of amides is 1. The fraction of sp³-hybridized carbons (Fsp3) is 0.933. The van der Waals surface area contributed by atoms with Crippen LogP contribution in [0.2, 0.25) is 0 Å². The van der Waals surface area contributed by atoms with Crippen LogP contribution in [0.1, 0.15) is 39.5 Å². The van der Waals surface area contributed by atoms with Gasteiger partial charge in [0.15, 0.2) is 0 Å². The van der Waals surface area contributed by atoms with E-state index in [1.165, 1.54) is 19.3 Å². The molecular weight excluding hydrogens is 240 g/mol. The lowest BCUT2D eigenvalue weighted by Gasteiger charge is -2.34. The van der Waals surface area contributed by atoms with E-state index in [9.17, 15) is 4.79 Å². The molecule has 2 atom stereocenters. The van der Waals surface area contributed by atoms with Gasteiger partial charge in [0.1, 0.15) is 0 Å². The Hall–Kier alpha value is -0.610. The minimum atomic E-state index is 0.0322. The SMILES string of the molecule is CCCNC1COCC1C(=O)N1CCC(CC)CC1. The molecular formula is C15H28N2O2. The summed E-state index contributed by atoms with van der Waals surface area (Å²) < 4.78 is 5.51. The van der Waals surface area contributed by atoms with E-state index < -0.39 is 0 Å². The molecule has 0 aliphatic carbocycles. The van der Waals surface area contributed by atoms with Gasteiger partial charge in [0.05, 0.1) is 19.1 Å². The molecule has 0 aromatic heterocycles. The number of likely N-dealkylation sites (tertiary alicyclic amines) is 1. The Balaban J connectivity index is 1.85. The molecule has 0 aromatic rings. The first-order chi connectivity index (χ1) is 9.26. The maximum Gasteiger partial charge on any atom is 0.229 e. The van der Waals surface area contributed by atoms with Gasteiger partial charge in [0, 0.05) is 19.1 Å². The first-order valence-electron chi connectivity index (χ1n) is 7.86. The molecule has 2 saturated heterocycles. The molecule has 2 fully saturated rings. The molecule has 0 spiro atoms. The van der Waals surface area contributed by atoms with E-state index in [4.69, 9.17) is 4.74 Å². The van der Waals surface area contributed by atoms with Gasteiger partial charge in [0.25, 0.3) is 0 Å². The van der Waals surface area contributed by atoms with Gasteiger partial charge in [0.2, 0.25) is 5.91 Å². The summed E-state index contributed by atoms with van der Waals surface area (Å²) in [4.78, 5) is 14.6. The van der Waals surface area contributed by atoms with Crippen molar-refractivity contribution in [2.75, 3.05) is 32.8 Å². The second-order valence-electron chi connectivity index (χ2n) is 5.88. The van der Waals surface area contributed by atoms with Gasteiger partial charge in [-0.25, -0.2) is 0 Å². The fourth-order valence-corrected chi connectivity index (χ4v) is 3.12. The summed E-state index contributed by atoms with van der Waals surface area (Å²) in [6.45, 7) is 8.51. The van der Waals surface area contributed by atoms with Crippen LogP contribution in [-0.2, 0) is 9.53 Å². The van der Waals surface area contributed by atoms with E-state index in [2.05, 4.69) is 24.1 Å². The number of piperidine rings is 1. The summed E-state index contributed by atoms with van der Waals surface area (Å²) in [7, 11) is 0. The third kappa shape index (κ3) is 3.69. The second kappa shape index (κ2) is 7.25. The van der Waals surface area contributed by atoms with Crippen LogP contribution in [0.3, 0.4) is 0 Å². The van der Waals surface area contributed by atoms with E-state index in [-0.39, 0.29) is 12.0 Å². The van der Waals surface area contributed by atoms with Crippen molar-refractivity contribution < 1.29 is 9.53 Å². The topological polar surface area (TPSA) is 41.6 Å². The molecule has 4 nitrogen and oxygen atoms in total. The minimum Gasteiger partial charge on any atom is -0.379 e. The van der Waals surface area contributed by atoms with Crippen LogP contribution < -0.4 is 5.32 Å². The molecule has 2 aliphatic heterocycles. The average Bonchev–Trinajstić information content (AvgIpc) is 2.92. The number of carbonyl (C=O) groups excluding carboxylic acids is 1. The van der Waals surface area contributed by atoms with Gasteiger partial charge in [-0.1, -0.05) is 20.3 Å². The van der Waals surface area contributed by atoms with Crippen molar-refractivity contribution in [2.24, 2.45) is 11.8 Å². The number of nitrogens with one attached hydrogen (secondary N) is 1. The zero-order chi connectivity index (χ0) is 13.7. The second-order valence-corrected chi connectivity index (χ2v) is 5.88. The van der Waals surface area contributed by atoms with E-state index in [0.29, 0.717) is 19.1 Å². The Morgan fingerprint density at radius 2 is 2.00 bits per heavy atom. The predicted octanol–water partition coefficient (Wildman–Crippen LogP) is 1.65. The normalized spacial score (nSPS) is 28.8. The van der Waals surface area contributed by atoms with Crippen molar-refractivity contribution in [3.05, 3.63) is 0 Å². The van der Waals surface area contributed by atoms with Crippen molar-refractivity contribution in [2.45, 2.75) is 45.6 Å². The molecule has 0 bridgehead atoms. The highest BCUT2D eigenvalue weighted by Gasteiger charge is 2.37. The van der Waals surface area contributed by atoms with Gasteiger partial charge in [-0.2, -0.15) is 0 Å². The summed E-state index contributed by atoms with van der Waals surface area (Å²) in [5, 5.41) is 3.45. The van der Waals surface area contributed by atoms with Gasteiger partial charge < -0.3 is 15.0 Å². The molecule has 110 valence electrons. The van der Waals surface area contributed by atoms with E-state index in [1.54, 1.807) is 0 Å². The highest BCUT2D eigenvalue weighted by atomic mass is 16.5. The Morgan fingerprint density at radius 1 is 1.26 bits per heavy atom. The van der Waals surface area contributed by atoms with E-state index in [1.807, 2.05) is 0 Å². The minimum absolute atomic E-state index is 0.0322. The number of carbonyl (C=O) groups is 1. The number of hydrogen-bond acceptors (Lipinski definition) is 3. The van der Waals surface area contributed by atoms with Crippen molar-refractivity contribution in [1.29, 1.82) is 0 Å². The third-order valence-electron chi connectivity index (χ3n) is 4.56. The molecule has 19 heavy (non-hydrogen) atoms. The summed E-state index contributed by atoms with van der Waals surface area (Å²) >= 11 is 0. The molecule has 0 saturated carbocycles. The van der Waals surface area contributed by atoms with Crippen LogP contribution in [0.25, 0.3) is 0 Å². The Labute approximate surface area is 116 Å². The maximum atomic E-state index is 12.6. The summed E-state index contributed by atoms with van der Waals surface area (Å²) in [5.74, 6) is 1.16. The summed E-state index contributed by atoms with van der Waals surface area (Å²) in [6, 6.07) is 0.219. The molecule has 1 N–H and O–H groups in total. The first kappa shape index (κ1) is 14.8. The van der Waals surface area contributed by atoms with Crippen molar-refractivity contribution in [3.8, 4) is 0 Å². The van der Waals surface area contributed by atoms with Gasteiger partial charge >= 0.3 is 0 Å². The van der Waals surface area contributed by atoms with E-state index in [0.717, 1.165) is 32.0 Å². The molecule has 2 unspecified atom stereocenters. The standard InChI is InChI=1S/C15H28N2O2/c1-3-7-16-14-11-19-10-13(14)15(18)17-8-5-12(4-2)6-9-17/h12-14,16H,3-11H2,1-2H3. The number of nitrogens with zero attached hydrogens (tertiary/aromatic N) is 1. The highest BCUT2D eigenvalue weighted by Crippen LogP contribution is 2.23. The molecule has 2 aliphatic rings. The van der Waals surface area contributed by atoms with Crippen LogP contribution in [-0.4, -0.2) is 49.7 Å². The van der Waals surface area contributed by atoms with Crippen LogP contribution in [0.15, 0.2) is 0 Å². The van der Waals surface area contributed by atoms with Gasteiger partial charge in [-0.15, -0.1) is 0 Å². The lowest BCUT2D eigenvalue weighted by atomic mass is 9.93. The zero-order valence-corrected chi connectivity index (χ0v) is 12.4. The lowest BCUT2D eigenvalue weighted by molar-refractivity contribution is -0.137. The smallest absolute Gasteiger partial charge is 0.229 e. The molecule has 0 aromatic carbocycles. The number of hydrogen-bond donors (Lipinski definition) is 1. The monoisotopic (exact) mass is 268 g/mol. The summed E-state index contributed by atoms with van der Waals surface area (Å²) in [5.41, 5.74) is 0. The number of ether oxygens (including phenoxy) is 1. The fourth-order valence-electron chi connectivity index (χ4n) is 3.12. The van der Waals surface area contributed by atoms with Gasteiger partial charge in [-0.05, 0) is 31.7 Å². The van der Waals surface area contributed by atoms with Crippen LogP contribution >= 0.6 is 0 Å². The predicted molar refractivity (Wildman–Crippen MR) is 76.0 cm³/mol. The van der Waals surface area contributed by atoms with Crippen LogP contribution in [0.5, 0.6) is 0 Å². The van der Waals surface area contributed by atoms with Crippen molar-refractivity contribution in [1.82, 2.24) is 10.2 Å². The molecule has 0 radical (unpaired) electrons. The Kier molecular flexibility index (Phi) is 5.64. The molecule has 1 amide bonds. The molecule has 4 heteroatoms. The van der Waals surface area contributed by atoms with Crippen molar-refractivity contribution in [3.63, 3.8) is 0 Å². The Bertz CT molecular complexity index is 288. The van der Waals surface area contributed by atoms with Crippen LogP contribution in [0.4, 0.5) is 0 Å². The number of rotatable bonds is 5. The van der Waals surface area contributed by atoms with Crippen molar-refractivity contribution >= 4 is 5.91 Å². The molecule has 2 heterocycles. The molecule has 2 rings (SSSR count). The lowest BCUT2D eigenvalue weighted by Crippen LogP contribution is -2.48. The maximum absolute atomic E-state index is 12.6. The zero-order valence-electron chi connectivity index (χ0n) is 12.4. The largest absolute Gasteiger partial charge is 0.379 e.